The van der Waals surface area contributed by atoms with Crippen LogP contribution >= 0.6 is 0 Å². The molecule has 3 heteroatoms. The van der Waals surface area contributed by atoms with Crippen molar-refractivity contribution in [2.24, 2.45) is 0 Å². The van der Waals surface area contributed by atoms with E-state index in [1.54, 1.807) is 0 Å². The monoisotopic (exact) mass is 207 g/mol. The number of hydrogen-bond donors (Lipinski definition) is 0. The van der Waals surface area contributed by atoms with Gasteiger partial charge in [0.05, 0.1) is 0 Å². The van der Waals surface area contributed by atoms with Crippen LogP contribution in [0, 0.1) is 6.08 Å². The Bertz CT molecular complexity index is 105. The number of hydrogen-bond acceptors (Lipinski definition) is 0. The maximum Gasteiger partial charge on any atom is 3.00 e. The van der Waals surface area contributed by atoms with Crippen LogP contribution in [0.25, 0.3) is 0 Å². The summed E-state index contributed by atoms with van der Waals surface area (Å²) >= 11 is 0. The summed E-state index contributed by atoms with van der Waals surface area (Å²) in [5, 5.41) is 0. The molecule has 1 radical (unpaired) electrons. The number of halogens is 2. The molecule has 0 saturated heterocycles. The van der Waals surface area contributed by atoms with Gasteiger partial charge < -0.3 is 9.41 Å². The Morgan fingerprint density at radius 2 is 2.00 bits per heavy atom. The molecule has 0 N–H and O–H groups in total. The first-order chi connectivity index (χ1) is 2.89. The SMILES string of the molecule is CC1=[C-]CC=C1.[F-].[F-].[Zr+3]. The van der Waals surface area contributed by atoms with E-state index in [2.05, 4.69) is 25.2 Å². The molecule has 0 aromatic carbocycles. The Morgan fingerprint density at radius 3 is 2.11 bits per heavy atom. The van der Waals surface area contributed by atoms with Gasteiger partial charge in [-0.15, -0.1) is 6.42 Å². The molecule has 0 bridgehead atoms. The first-order valence-electron chi connectivity index (χ1n) is 2.13. The molecule has 0 amide bonds. The Morgan fingerprint density at radius 1 is 1.44 bits per heavy atom. The molecule has 49 valence electrons. The van der Waals surface area contributed by atoms with Crippen molar-refractivity contribution in [2.75, 3.05) is 0 Å². The molecule has 0 aliphatic heterocycles. The second-order valence-corrected chi connectivity index (χ2v) is 1.47. The summed E-state index contributed by atoms with van der Waals surface area (Å²) in [4.78, 5) is 0. The third kappa shape index (κ3) is 6.10. The van der Waals surface area contributed by atoms with Gasteiger partial charge in [0.2, 0.25) is 0 Å². The quantitative estimate of drug-likeness (QED) is 0.353. The standard InChI is InChI=1S/C6H7.2FH.Zr/c1-6-4-2-3-5-6;;;/h2,4H,3H2,1H3;2*1H;/q-1;;;+3/p-2. The van der Waals surface area contributed by atoms with Crippen LogP contribution in [0.4, 0.5) is 0 Å². The molecule has 0 nitrogen and oxygen atoms in total. The first-order valence-corrected chi connectivity index (χ1v) is 2.13. The average molecular weight is 208 g/mol. The Kier molecular flexibility index (Phi) is 14.7. The van der Waals surface area contributed by atoms with Crippen molar-refractivity contribution in [3.05, 3.63) is 23.8 Å². The van der Waals surface area contributed by atoms with Gasteiger partial charge in [-0.2, -0.15) is 6.08 Å². The molecule has 1 rings (SSSR count). The minimum absolute atomic E-state index is 0. The normalized spacial score (nSPS) is 12.3. The smallest absolute Gasteiger partial charge is 1.00 e. The molecule has 0 saturated carbocycles. The molecule has 0 atom stereocenters. The maximum atomic E-state index is 3.12. The van der Waals surface area contributed by atoms with Crippen molar-refractivity contribution in [3.63, 3.8) is 0 Å². The largest absolute Gasteiger partial charge is 3.00 e. The van der Waals surface area contributed by atoms with Crippen molar-refractivity contribution >= 4 is 0 Å². The van der Waals surface area contributed by atoms with E-state index in [1.165, 1.54) is 5.57 Å². The summed E-state index contributed by atoms with van der Waals surface area (Å²) in [6.07, 6.45) is 8.33. The van der Waals surface area contributed by atoms with E-state index in [0.29, 0.717) is 0 Å². The average Bonchev–Trinajstić information content (AvgIpc) is 1.86. The fraction of sp³-hybridized carbons (Fsp3) is 0.333. The molecule has 0 spiro atoms. The van der Waals surface area contributed by atoms with Crippen molar-refractivity contribution in [1.29, 1.82) is 0 Å². The van der Waals surface area contributed by atoms with E-state index in [-0.39, 0.29) is 35.6 Å². The molecule has 0 unspecified atom stereocenters. The van der Waals surface area contributed by atoms with Gasteiger partial charge in [-0.05, 0) is 0 Å². The summed E-state index contributed by atoms with van der Waals surface area (Å²) in [5.74, 6) is 0. The van der Waals surface area contributed by atoms with E-state index < -0.39 is 0 Å². The van der Waals surface area contributed by atoms with Crippen LogP contribution in [0.3, 0.4) is 0 Å². The predicted octanol–water partition coefficient (Wildman–Crippen LogP) is -4.30. The summed E-state index contributed by atoms with van der Waals surface area (Å²) < 4.78 is 0. The zero-order valence-corrected chi connectivity index (χ0v) is 7.58. The van der Waals surface area contributed by atoms with Crippen LogP contribution in [0.2, 0.25) is 0 Å². The van der Waals surface area contributed by atoms with Crippen molar-refractivity contribution in [2.45, 2.75) is 13.3 Å². The summed E-state index contributed by atoms with van der Waals surface area (Å²) in [6.45, 7) is 2.06. The molecule has 1 aliphatic carbocycles. The second-order valence-electron chi connectivity index (χ2n) is 1.47. The van der Waals surface area contributed by atoms with E-state index in [0.717, 1.165) is 6.42 Å². The molecule has 0 aromatic rings. The van der Waals surface area contributed by atoms with Crippen LogP contribution < -0.4 is 9.41 Å². The van der Waals surface area contributed by atoms with Crippen LogP contribution in [-0.2, 0) is 26.2 Å². The number of rotatable bonds is 0. The van der Waals surface area contributed by atoms with E-state index in [4.69, 9.17) is 0 Å². The van der Waals surface area contributed by atoms with E-state index in [1.807, 2.05) is 0 Å². The van der Waals surface area contributed by atoms with E-state index >= 15 is 0 Å². The van der Waals surface area contributed by atoms with Gasteiger partial charge in [0.15, 0.2) is 0 Å². The number of allylic oxidation sites excluding steroid dienone is 4. The molecule has 1 aliphatic rings. The van der Waals surface area contributed by atoms with Gasteiger partial charge in [0.1, 0.15) is 0 Å². The molecule has 0 fully saturated rings. The van der Waals surface area contributed by atoms with Crippen molar-refractivity contribution in [1.82, 2.24) is 0 Å². The van der Waals surface area contributed by atoms with Crippen LogP contribution in [-0.4, -0.2) is 0 Å². The zero-order chi connectivity index (χ0) is 4.41. The molecular weight excluding hydrogens is 201 g/mol. The fourth-order valence-electron chi connectivity index (χ4n) is 0.515. The third-order valence-electron chi connectivity index (χ3n) is 0.867. The molecule has 0 heterocycles. The summed E-state index contributed by atoms with van der Waals surface area (Å²) in [7, 11) is 0. The topological polar surface area (TPSA) is 0 Å². The van der Waals surface area contributed by atoms with Gasteiger partial charge in [0, 0.05) is 0 Å². The Balaban J connectivity index is -0.000000120. The second kappa shape index (κ2) is 8.22. The van der Waals surface area contributed by atoms with Gasteiger partial charge in [-0.1, -0.05) is 6.92 Å². The van der Waals surface area contributed by atoms with Crippen molar-refractivity contribution < 1.29 is 35.6 Å². The van der Waals surface area contributed by atoms with Gasteiger partial charge in [-0.25, -0.2) is 11.6 Å². The van der Waals surface area contributed by atoms with Gasteiger partial charge >= 0.3 is 26.2 Å². The van der Waals surface area contributed by atoms with E-state index in [9.17, 15) is 0 Å². The van der Waals surface area contributed by atoms with Gasteiger partial charge in [-0.3, -0.25) is 6.08 Å². The third-order valence-corrected chi connectivity index (χ3v) is 0.867. The van der Waals surface area contributed by atoms with Crippen LogP contribution in [0.15, 0.2) is 17.7 Å². The minimum atomic E-state index is 0. The van der Waals surface area contributed by atoms with Crippen LogP contribution in [0.1, 0.15) is 13.3 Å². The molecule has 0 aromatic heterocycles. The predicted molar refractivity (Wildman–Crippen MR) is 26.2 cm³/mol. The first kappa shape index (κ1) is 16.1. The fourth-order valence-corrected chi connectivity index (χ4v) is 0.515. The summed E-state index contributed by atoms with van der Waals surface area (Å²) in [5.41, 5.74) is 1.27. The van der Waals surface area contributed by atoms with Gasteiger partial charge in [0.25, 0.3) is 0 Å². The molecular formula is C6H7F2Zr. The Hall–Kier alpha value is 0.223. The van der Waals surface area contributed by atoms with Crippen molar-refractivity contribution in [3.8, 4) is 0 Å². The zero-order valence-electron chi connectivity index (χ0n) is 5.12. The maximum absolute atomic E-state index is 3.12. The van der Waals surface area contributed by atoms with Crippen LogP contribution in [0.5, 0.6) is 0 Å². The molecule has 9 heavy (non-hydrogen) atoms. The summed E-state index contributed by atoms with van der Waals surface area (Å²) in [6, 6.07) is 0. The Labute approximate surface area is 72.9 Å². The minimum Gasteiger partial charge on any atom is -1.00 e.